The number of amides is 1. The van der Waals surface area contributed by atoms with Crippen LogP contribution in [0.25, 0.3) is 10.6 Å². The van der Waals surface area contributed by atoms with E-state index in [0.717, 1.165) is 15.4 Å². The summed E-state index contributed by atoms with van der Waals surface area (Å²) in [6.45, 7) is 6.87. The number of hydrogen-bond donors (Lipinski definition) is 0. The SMILES string of the molecule is Cc1ccc(-c2nnc(N(CC(C)C)C(=O)c3cccs3)s2)cc1. The molecule has 0 unspecified atom stereocenters. The first kappa shape index (κ1) is 16.8. The molecule has 124 valence electrons. The summed E-state index contributed by atoms with van der Waals surface area (Å²) in [4.78, 5) is 15.3. The van der Waals surface area contributed by atoms with Gasteiger partial charge in [0.15, 0.2) is 0 Å². The summed E-state index contributed by atoms with van der Waals surface area (Å²) in [5, 5.41) is 12.0. The molecule has 6 heteroatoms. The van der Waals surface area contributed by atoms with Gasteiger partial charge in [0.2, 0.25) is 5.13 Å². The molecule has 24 heavy (non-hydrogen) atoms. The van der Waals surface area contributed by atoms with Gasteiger partial charge in [0, 0.05) is 12.1 Å². The lowest BCUT2D eigenvalue weighted by atomic mass is 10.2. The zero-order chi connectivity index (χ0) is 17.1. The van der Waals surface area contributed by atoms with Crippen molar-refractivity contribution in [2.45, 2.75) is 20.8 Å². The molecule has 4 nitrogen and oxygen atoms in total. The van der Waals surface area contributed by atoms with Gasteiger partial charge in [-0.25, -0.2) is 0 Å². The number of benzene rings is 1. The van der Waals surface area contributed by atoms with Gasteiger partial charge in [0.25, 0.3) is 5.91 Å². The first-order valence-electron chi connectivity index (χ1n) is 7.80. The lowest BCUT2D eigenvalue weighted by Crippen LogP contribution is -2.33. The van der Waals surface area contributed by atoms with Crippen LogP contribution in [0.3, 0.4) is 0 Å². The summed E-state index contributed by atoms with van der Waals surface area (Å²) < 4.78 is 0. The lowest BCUT2D eigenvalue weighted by molar-refractivity contribution is 0.0987. The Balaban J connectivity index is 1.91. The fourth-order valence-electron chi connectivity index (χ4n) is 2.28. The summed E-state index contributed by atoms with van der Waals surface area (Å²) in [7, 11) is 0. The van der Waals surface area contributed by atoms with Gasteiger partial charge in [-0.3, -0.25) is 9.69 Å². The predicted molar refractivity (Wildman–Crippen MR) is 101 cm³/mol. The summed E-state index contributed by atoms with van der Waals surface area (Å²) in [5.74, 6) is 0.339. The molecule has 1 amide bonds. The summed E-state index contributed by atoms with van der Waals surface area (Å²) in [6, 6.07) is 11.9. The second-order valence-electron chi connectivity index (χ2n) is 6.04. The highest BCUT2D eigenvalue weighted by atomic mass is 32.1. The number of anilines is 1. The van der Waals surface area contributed by atoms with Crippen molar-refractivity contribution >= 4 is 33.7 Å². The lowest BCUT2D eigenvalue weighted by Gasteiger charge is -2.20. The van der Waals surface area contributed by atoms with E-state index in [9.17, 15) is 4.79 Å². The molecule has 0 aliphatic heterocycles. The molecular formula is C18H19N3OS2. The highest BCUT2D eigenvalue weighted by Gasteiger charge is 2.23. The van der Waals surface area contributed by atoms with Gasteiger partial charge in [-0.05, 0) is 24.3 Å². The third kappa shape index (κ3) is 3.71. The van der Waals surface area contributed by atoms with E-state index in [1.807, 2.05) is 29.6 Å². The summed E-state index contributed by atoms with van der Waals surface area (Å²) in [6.07, 6.45) is 0. The Morgan fingerprint density at radius 1 is 1.17 bits per heavy atom. The highest BCUT2D eigenvalue weighted by Crippen LogP contribution is 2.30. The molecule has 1 aromatic carbocycles. The standard InChI is InChI=1S/C18H19N3OS2/c1-12(2)11-21(17(22)15-5-4-10-23-15)18-20-19-16(24-18)14-8-6-13(3)7-9-14/h4-10,12H,11H2,1-3H3. The van der Waals surface area contributed by atoms with E-state index in [2.05, 4.69) is 43.1 Å². The molecule has 0 N–H and O–H groups in total. The molecule has 0 fully saturated rings. The molecule has 3 rings (SSSR count). The number of aromatic nitrogens is 2. The van der Waals surface area contributed by atoms with Crippen LogP contribution in [0.5, 0.6) is 0 Å². The van der Waals surface area contributed by atoms with Crippen molar-refractivity contribution in [3.63, 3.8) is 0 Å². The molecule has 0 saturated carbocycles. The van der Waals surface area contributed by atoms with E-state index in [1.165, 1.54) is 28.2 Å². The predicted octanol–water partition coefficient (Wildman–Crippen LogP) is 4.88. The average Bonchev–Trinajstić information content (AvgIpc) is 3.24. The van der Waals surface area contributed by atoms with Crippen molar-refractivity contribution < 1.29 is 4.79 Å². The topological polar surface area (TPSA) is 46.1 Å². The van der Waals surface area contributed by atoms with Crippen molar-refractivity contribution in [2.75, 3.05) is 11.4 Å². The van der Waals surface area contributed by atoms with Crippen LogP contribution in [0, 0.1) is 12.8 Å². The van der Waals surface area contributed by atoms with Crippen LogP contribution in [-0.2, 0) is 0 Å². The number of rotatable bonds is 5. The Morgan fingerprint density at radius 3 is 2.54 bits per heavy atom. The summed E-state index contributed by atoms with van der Waals surface area (Å²) >= 11 is 2.91. The number of thiophene rings is 1. The quantitative estimate of drug-likeness (QED) is 0.654. The monoisotopic (exact) mass is 357 g/mol. The van der Waals surface area contributed by atoms with Crippen LogP contribution < -0.4 is 4.90 Å². The van der Waals surface area contributed by atoms with Crippen LogP contribution in [0.4, 0.5) is 5.13 Å². The molecule has 0 aliphatic carbocycles. The van der Waals surface area contributed by atoms with Crippen LogP contribution in [-0.4, -0.2) is 22.6 Å². The maximum absolute atomic E-state index is 12.8. The van der Waals surface area contributed by atoms with Gasteiger partial charge >= 0.3 is 0 Å². The average molecular weight is 358 g/mol. The van der Waals surface area contributed by atoms with E-state index in [0.29, 0.717) is 17.6 Å². The van der Waals surface area contributed by atoms with Gasteiger partial charge < -0.3 is 0 Å². The molecule has 3 aromatic rings. The van der Waals surface area contributed by atoms with Crippen molar-refractivity contribution in [3.8, 4) is 10.6 Å². The van der Waals surface area contributed by atoms with E-state index in [-0.39, 0.29) is 5.91 Å². The Hall–Kier alpha value is -2.05. The molecule has 0 spiro atoms. The van der Waals surface area contributed by atoms with Crippen LogP contribution >= 0.6 is 22.7 Å². The van der Waals surface area contributed by atoms with Crippen molar-refractivity contribution in [1.29, 1.82) is 0 Å². The van der Waals surface area contributed by atoms with Crippen LogP contribution in [0.2, 0.25) is 0 Å². The normalized spacial score (nSPS) is 11.0. The Bertz CT molecular complexity index is 807. The molecular weight excluding hydrogens is 338 g/mol. The molecule has 2 heterocycles. The number of hydrogen-bond acceptors (Lipinski definition) is 5. The van der Waals surface area contributed by atoms with Gasteiger partial charge in [-0.2, -0.15) is 0 Å². The zero-order valence-corrected chi connectivity index (χ0v) is 15.5. The van der Waals surface area contributed by atoms with E-state index >= 15 is 0 Å². The van der Waals surface area contributed by atoms with E-state index < -0.39 is 0 Å². The third-order valence-corrected chi connectivity index (χ3v) is 5.32. The minimum absolute atomic E-state index is 0.00898. The van der Waals surface area contributed by atoms with E-state index in [4.69, 9.17) is 0 Å². The summed E-state index contributed by atoms with van der Waals surface area (Å²) in [5.41, 5.74) is 2.23. The number of nitrogens with zero attached hydrogens (tertiary/aromatic N) is 3. The fourth-order valence-corrected chi connectivity index (χ4v) is 3.81. The number of carbonyl (C=O) groups excluding carboxylic acids is 1. The number of aryl methyl sites for hydroxylation is 1. The minimum Gasteiger partial charge on any atom is -0.282 e. The molecule has 2 aromatic heterocycles. The smallest absolute Gasteiger partial charge is 0.270 e. The molecule has 0 bridgehead atoms. The first-order valence-corrected chi connectivity index (χ1v) is 9.50. The number of carbonyl (C=O) groups is 1. The largest absolute Gasteiger partial charge is 0.282 e. The second-order valence-corrected chi connectivity index (χ2v) is 7.95. The van der Waals surface area contributed by atoms with Gasteiger partial charge in [0.05, 0.1) is 4.88 Å². The van der Waals surface area contributed by atoms with Crippen molar-refractivity contribution in [3.05, 3.63) is 52.2 Å². The third-order valence-electron chi connectivity index (χ3n) is 3.47. The zero-order valence-electron chi connectivity index (χ0n) is 13.9. The maximum atomic E-state index is 12.8. The second kappa shape index (κ2) is 7.23. The van der Waals surface area contributed by atoms with Gasteiger partial charge in [-0.1, -0.05) is 61.1 Å². The fraction of sp³-hybridized carbons (Fsp3) is 0.278. The highest BCUT2D eigenvalue weighted by molar-refractivity contribution is 7.18. The minimum atomic E-state index is -0.00898. The Morgan fingerprint density at radius 2 is 1.92 bits per heavy atom. The van der Waals surface area contributed by atoms with Crippen molar-refractivity contribution in [1.82, 2.24) is 10.2 Å². The van der Waals surface area contributed by atoms with Gasteiger partial charge in [-0.15, -0.1) is 21.5 Å². The molecule has 0 radical (unpaired) electrons. The molecule has 0 aliphatic rings. The molecule has 0 saturated heterocycles. The maximum Gasteiger partial charge on any atom is 0.270 e. The Labute approximate surface area is 149 Å². The van der Waals surface area contributed by atoms with Crippen molar-refractivity contribution in [2.24, 2.45) is 5.92 Å². The van der Waals surface area contributed by atoms with Crippen LogP contribution in [0.15, 0.2) is 41.8 Å². The molecule has 0 atom stereocenters. The van der Waals surface area contributed by atoms with E-state index in [1.54, 1.807) is 4.90 Å². The first-order chi connectivity index (χ1) is 11.5. The Kier molecular flexibility index (Phi) is 5.06. The van der Waals surface area contributed by atoms with Crippen LogP contribution in [0.1, 0.15) is 29.1 Å². The van der Waals surface area contributed by atoms with Gasteiger partial charge in [0.1, 0.15) is 5.01 Å².